The zero-order chi connectivity index (χ0) is 13.7. The van der Waals surface area contributed by atoms with E-state index in [1.54, 1.807) is 30.2 Å². The summed E-state index contributed by atoms with van der Waals surface area (Å²) in [5.74, 6) is -0.0868. The van der Waals surface area contributed by atoms with E-state index in [9.17, 15) is 4.79 Å². The number of hydrogen-bond donors (Lipinski definition) is 1. The maximum Gasteiger partial charge on any atom is 0.254 e. The monoisotopic (exact) mass is 270 g/mol. The molecule has 1 amide bonds. The fourth-order valence-corrected chi connectivity index (χ4v) is 1.93. The molecule has 0 unspecified atom stereocenters. The van der Waals surface area contributed by atoms with Gasteiger partial charge in [-0.25, -0.2) is 0 Å². The van der Waals surface area contributed by atoms with Gasteiger partial charge in [-0.2, -0.15) is 0 Å². The van der Waals surface area contributed by atoms with Crippen molar-refractivity contribution >= 4 is 23.2 Å². The van der Waals surface area contributed by atoms with Crippen LogP contribution in [0.1, 0.15) is 24.2 Å². The Labute approximate surface area is 113 Å². The molecule has 0 aliphatic carbocycles. The van der Waals surface area contributed by atoms with Gasteiger partial charge in [-0.15, -0.1) is 0 Å². The van der Waals surface area contributed by atoms with Crippen LogP contribution < -0.4 is 5.73 Å². The van der Waals surface area contributed by atoms with Crippen molar-refractivity contribution in [1.29, 1.82) is 0 Å². The minimum absolute atomic E-state index is 0.0868. The van der Waals surface area contributed by atoms with Crippen LogP contribution in [-0.4, -0.2) is 37.1 Å². The van der Waals surface area contributed by atoms with E-state index in [1.807, 2.05) is 13.8 Å². The molecule has 100 valence electrons. The molecule has 0 fully saturated rings. The van der Waals surface area contributed by atoms with E-state index in [0.717, 1.165) is 0 Å². The maximum absolute atomic E-state index is 12.4. The minimum Gasteiger partial charge on any atom is -0.399 e. The highest BCUT2D eigenvalue weighted by atomic mass is 35.5. The van der Waals surface area contributed by atoms with E-state index >= 15 is 0 Å². The summed E-state index contributed by atoms with van der Waals surface area (Å²) in [7, 11) is 1.61. The lowest BCUT2D eigenvalue weighted by Crippen LogP contribution is -2.39. The van der Waals surface area contributed by atoms with Crippen molar-refractivity contribution < 1.29 is 9.53 Å². The molecule has 0 saturated carbocycles. The lowest BCUT2D eigenvalue weighted by Gasteiger charge is -2.26. The van der Waals surface area contributed by atoms with Gasteiger partial charge in [0.25, 0.3) is 5.91 Å². The van der Waals surface area contributed by atoms with Gasteiger partial charge in [-0.05, 0) is 32.0 Å². The van der Waals surface area contributed by atoms with Crippen LogP contribution in [0.25, 0.3) is 0 Å². The number of carbonyl (C=O) groups is 1. The summed E-state index contributed by atoms with van der Waals surface area (Å²) >= 11 is 5.91. The van der Waals surface area contributed by atoms with Gasteiger partial charge in [-0.3, -0.25) is 4.79 Å². The molecule has 0 heterocycles. The summed E-state index contributed by atoms with van der Waals surface area (Å²) in [6, 6.07) is 4.97. The summed E-state index contributed by atoms with van der Waals surface area (Å²) in [5.41, 5.74) is 6.69. The van der Waals surface area contributed by atoms with Crippen molar-refractivity contribution in [3.05, 3.63) is 28.8 Å². The first-order valence-electron chi connectivity index (χ1n) is 5.81. The van der Waals surface area contributed by atoms with E-state index in [0.29, 0.717) is 29.4 Å². The van der Waals surface area contributed by atoms with Crippen molar-refractivity contribution in [2.45, 2.75) is 19.9 Å². The number of nitrogens with two attached hydrogens (primary N) is 1. The maximum atomic E-state index is 12.4. The molecule has 1 aromatic carbocycles. The molecule has 0 radical (unpaired) electrons. The van der Waals surface area contributed by atoms with Crippen molar-refractivity contribution in [3.63, 3.8) is 0 Å². The van der Waals surface area contributed by atoms with Crippen molar-refractivity contribution in [2.24, 2.45) is 0 Å². The van der Waals surface area contributed by atoms with Crippen molar-refractivity contribution in [3.8, 4) is 0 Å². The quantitative estimate of drug-likeness (QED) is 0.836. The third-order valence-corrected chi connectivity index (χ3v) is 2.81. The van der Waals surface area contributed by atoms with Crippen LogP contribution in [0.15, 0.2) is 18.2 Å². The van der Waals surface area contributed by atoms with Gasteiger partial charge in [0.1, 0.15) is 0 Å². The molecule has 0 atom stereocenters. The molecule has 0 saturated heterocycles. The zero-order valence-corrected chi connectivity index (χ0v) is 11.7. The van der Waals surface area contributed by atoms with Gasteiger partial charge in [0, 0.05) is 36.0 Å². The molecule has 5 heteroatoms. The summed E-state index contributed by atoms with van der Waals surface area (Å²) in [5, 5.41) is 0.466. The number of nitrogens with zero attached hydrogens (tertiary/aromatic N) is 1. The number of nitrogen functional groups attached to an aromatic ring is 1. The second-order valence-electron chi connectivity index (χ2n) is 4.36. The van der Waals surface area contributed by atoms with Gasteiger partial charge >= 0.3 is 0 Å². The van der Waals surface area contributed by atoms with E-state index in [4.69, 9.17) is 22.1 Å². The molecule has 0 aliphatic heterocycles. The average molecular weight is 271 g/mol. The van der Waals surface area contributed by atoms with Crippen LogP contribution >= 0.6 is 11.6 Å². The lowest BCUT2D eigenvalue weighted by atomic mass is 10.1. The highest BCUT2D eigenvalue weighted by Gasteiger charge is 2.19. The average Bonchev–Trinajstić information content (AvgIpc) is 2.27. The first-order valence-corrected chi connectivity index (χ1v) is 6.19. The van der Waals surface area contributed by atoms with Crippen LogP contribution in [0.2, 0.25) is 5.02 Å². The van der Waals surface area contributed by atoms with E-state index in [2.05, 4.69) is 0 Å². The van der Waals surface area contributed by atoms with Gasteiger partial charge in [0.05, 0.1) is 6.61 Å². The van der Waals surface area contributed by atoms with Crippen LogP contribution in [-0.2, 0) is 4.74 Å². The number of rotatable bonds is 5. The summed E-state index contributed by atoms with van der Waals surface area (Å²) in [4.78, 5) is 14.1. The Morgan fingerprint density at radius 1 is 1.44 bits per heavy atom. The molecule has 0 aromatic heterocycles. The molecule has 0 bridgehead atoms. The predicted octanol–water partition coefficient (Wildman–Crippen LogP) is 2.42. The highest BCUT2D eigenvalue weighted by molar-refractivity contribution is 6.31. The number of hydrogen-bond acceptors (Lipinski definition) is 3. The van der Waals surface area contributed by atoms with Crippen molar-refractivity contribution in [2.75, 3.05) is 26.0 Å². The number of carbonyl (C=O) groups excluding carboxylic acids is 1. The van der Waals surface area contributed by atoms with Crippen LogP contribution in [0.5, 0.6) is 0 Å². The van der Waals surface area contributed by atoms with Gasteiger partial charge in [0.15, 0.2) is 0 Å². The Bertz CT molecular complexity index is 401. The largest absolute Gasteiger partial charge is 0.399 e. The first-order chi connectivity index (χ1) is 8.45. The number of methoxy groups -OCH3 is 1. The number of halogens is 1. The molecular weight excluding hydrogens is 252 g/mol. The second kappa shape index (κ2) is 6.61. The van der Waals surface area contributed by atoms with E-state index in [-0.39, 0.29) is 11.9 Å². The van der Waals surface area contributed by atoms with E-state index in [1.165, 1.54) is 0 Å². The summed E-state index contributed by atoms with van der Waals surface area (Å²) < 4.78 is 5.01. The molecule has 18 heavy (non-hydrogen) atoms. The smallest absolute Gasteiger partial charge is 0.254 e. The van der Waals surface area contributed by atoms with Crippen LogP contribution in [0.4, 0.5) is 5.69 Å². The Kier molecular flexibility index (Phi) is 5.44. The molecule has 0 spiro atoms. The molecule has 1 aromatic rings. The molecule has 4 nitrogen and oxygen atoms in total. The van der Waals surface area contributed by atoms with Crippen molar-refractivity contribution in [1.82, 2.24) is 4.90 Å². The number of amides is 1. The normalized spacial score (nSPS) is 10.7. The SMILES string of the molecule is COCCN(C(=O)c1cc(N)cc(Cl)c1)C(C)C. The number of benzene rings is 1. The second-order valence-corrected chi connectivity index (χ2v) is 4.79. The third-order valence-electron chi connectivity index (χ3n) is 2.59. The Hall–Kier alpha value is -1.26. The minimum atomic E-state index is -0.0868. The van der Waals surface area contributed by atoms with Gasteiger partial charge < -0.3 is 15.4 Å². The van der Waals surface area contributed by atoms with Gasteiger partial charge in [-0.1, -0.05) is 11.6 Å². The predicted molar refractivity (Wildman–Crippen MR) is 73.9 cm³/mol. The number of ether oxygens (including phenoxy) is 1. The lowest BCUT2D eigenvalue weighted by molar-refractivity contribution is 0.0635. The molecule has 2 N–H and O–H groups in total. The highest BCUT2D eigenvalue weighted by Crippen LogP contribution is 2.18. The topological polar surface area (TPSA) is 55.6 Å². The Morgan fingerprint density at radius 2 is 2.11 bits per heavy atom. The molecular formula is C13H19ClN2O2. The Balaban J connectivity index is 2.94. The zero-order valence-electron chi connectivity index (χ0n) is 10.9. The van der Waals surface area contributed by atoms with Crippen LogP contribution in [0.3, 0.4) is 0 Å². The fourth-order valence-electron chi connectivity index (χ4n) is 1.69. The van der Waals surface area contributed by atoms with Crippen LogP contribution in [0, 0.1) is 0 Å². The molecule has 1 rings (SSSR count). The Morgan fingerprint density at radius 3 is 2.61 bits per heavy atom. The fraction of sp³-hybridized carbons (Fsp3) is 0.462. The third kappa shape index (κ3) is 3.89. The first kappa shape index (κ1) is 14.8. The summed E-state index contributed by atoms with van der Waals surface area (Å²) in [6.45, 7) is 4.96. The molecule has 0 aliphatic rings. The standard InChI is InChI=1S/C13H19ClN2O2/c1-9(2)16(4-5-18-3)13(17)10-6-11(14)8-12(15)7-10/h6-9H,4-5,15H2,1-3H3. The number of anilines is 1. The van der Waals surface area contributed by atoms with E-state index < -0.39 is 0 Å². The summed E-state index contributed by atoms with van der Waals surface area (Å²) in [6.07, 6.45) is 0. The van der Waals surface area contributed by atoms with Gasteiger partial charge in [0.2, 0.25) is 0 Å².